The minimum atomic E-state index is -3.57. The van der Waals surface area contributed by atoms with E-state index in [-0.39, 0.29) is 4.90 Å². The average molecular weight is 311 g/mol. The van der Waals surface area contributed by atoms with E-state index in [0.717, 1.165) is 17.2 Å². The van der Waals surface area contributed by atoms with Crippen LogP contribution in [0.5, 0.6) is 0 Å². The number of aryl methyl sites for hydroxylation is 1. The summed E-state index contributed by atoms with van der Waals surface area (Å²) in [6, 6.07) is 20.3. The van der Waals surface area contributed by atoms with Gasteiger partial charge in [-0.25, -0.2) is 8.42 Å². The number of benzene rings is 3. The Morgan fingerprint density at radius 3 is 2.23 bits per heavy atom. The molecule has 3 aromatic carbocycles. The molecule has 0 saturated carbocycles. The Hall–Kier alpha value is -2.33. The molecule has 4 heteroatoms. The smallest absolute Gasteiger partial charge is 0.261 e. The summed E-state index contributed by atoms with van der Waals surface area (Å²) < 4.78 is 27.6. The molecule has 22 heavy (non-hydrogen) atoms. The Balaban J connectivity index is 1.93. The summed E-state index contributed by atoms with van der Waals surface area (Å²) in [5.41, 5.74) is 1.75. The SMILES string of the molecule is CCc1ccc(NS(=O)(=O)c2ccc3ccccc3c2)cc1. The molecule has 1 N–H and O–H groups in total. The Morgan fingerprint density at radius 2 is 1.55 bits per heavy atom. The molecule has 0 aliphatic rings. The molecule has 3 aromatic rings. The molecule has 0 aromatic heterocycles. The highest BCUT2D eigenvalue weighted by Gasteiger charge is 2.14. The molecule has 0 radical (unpaired) electrons. The van der Waals surface area contributed by atoms with Crippen molar-refractivity contribution in [3.05, 3.63) is 72.3 Å². The zero-order valence-corrected chi connectivity index (χ0v) is 13.1. The lowest BCUT2D eigenvalue weighted by molar-refractivity contribution is 0.601. The van der Waals surface area contributed by atoms with Gasteiger partial charge in [0.2, 0.25) is 0 Å². The Kier molecular flexibility index (Phi) is 3.86. The van der Waals surface area contributed by atoms with Crippen LogP contribution < -0.4 is 4.72 Å². The third kappa shape index (κ3) is 2.97. The van der Waals surface area contributed by atoms with Gasteiger partial charge in [-0.2, -0.15) is 0 Å². The Bertz CT molecular complexity index is 900. The lowest BCUT2D eigenvalue weighted by Gasteiger charge is -2.09. The number of rotatable bonds is 4. The molecule has 0 heterocycles. The monoisotopic (exact) mass is 311 g/mol. The molecule has 0 amide bonds. The third-order valence-corrected chi connectivity index (χ3v) is 5.02. The van der Waals surface area contributed by atoms with Crippen molar-refractivity contribution in [2.24, 2.45) is 0 Å². The maximum absolute atomic E-state index is 12.5. The molecular weight excluding hydrogens is 294 g/mol. The van der Waals surface area contributed by atoms with Crippen LogP contribution in [0.2, 0.25) is 0 Å². The Morgan fingerprint density at radius 1 is 0.864 bits per heavy atom. The lowest BCUT2D eigenvalue weighted by Crippen LogP contribution is -2.12. The van der Waals surface area contributed by atoms with Gasteiger partial charge in [-0.05, 0) is 47.0 Å². The minimum absolute atomic E-state index is 0.269. The average Bonchev–Trinajstić information content (AvgIpc) is 2.55. The predicted octanol–water partition coefficient (Wildman–Crippen LogP) is 4.20. The van der Waals surface area contributed by atoms with Crippen molar-refractivity contribution in [3.63, 3.8) is 0 Å². The molecule has 3 nitrogen and oxygen atoms in total. The van der Waals surface area contributed by atoms with Gasteiger partial charge >= 0.3 is 0 Å². The molecule has 0 fully saturated rings. The first-order chi connectivity index (χ1) is 10.6. The molecule has 0 unspecified atom stereocenters. The highest BCUT2D eigenvalue weighted by Crippen LogP contribution is 2.21. The quantitative estimate of drug-likeness (QED) is 0.785. The summed E-state index contributed by atoms with van der Waals surface area (Å²) in [4.78, 5) is 0.269. The van der Waals surface area contributed by atoms with E-state index in [1.54, 1.807) is 24.3 Å². The van der Waals surface area contributed by atoms with Gasteiger partial charge in [-0.3, -0.25) is 4.72 Å². The molecule has 0 spiro atoms. The second kappa shape index (κ2) is 5.81. The van der Waals surface area contributed by atoms with E-state index >= 15 is 0 Å². The summed E-state index contributed by atoms with van der Waals surface area (Å²) in [7, 11) is -3.57. The molecular formula is C18H17NO2S. The molecule has 0 atom stereocenters. The van der Waals surface area contributed by atoms with Crippen LogP contribution in [0.4, 0.5) is 5.69 Å². The number of fused-ring (bicyclic) bond motifs is 1. The van der Waals surface area contributed by atoms with Gasteiger partial charge in [0, 0.05) is 5.69 Å². The fraction of sp³-hybridized carbons (Fsp3) is 0.111. The number of hydrogen-bond acceptors (Lipinski definition) is 2. The first-order valence-corrected chi connectivity index (χ1v) is 8.67. The first kappa shape index (κ1) is 14.6. The van der Waals surface area contributed by atoms with Crippen molar-refractivity contribution in [2.45, 2.75) is 18.2 Å². The van der Waals surface area contributed by atoms with Crippen LogP contribution in [0.25, 0.3) is 10.8 Å². The highest BCUT2D eigenvalue weighted by molar-refractivity contribution is 7.92. The fourth-order valence-corrected chi connectivity index (χ4v) is 3.45. The normalized spacial score (nSPS) is 11.5. The summed E-state index contributed by atoms with van der Waals surface area (Å²) in [6.45, 7) is 2.06. The molecule has 0 bridgehead atoms. The number of anilines is 1. The van der Waals surface area contributed by atoms with Gasteiger partial charge in [0.05, 0.1) is 4.90 Å². The van der Waals surface area contributed by atoms with Crippen molar-refractivity contribution >= 4 is 26.5 Å². The second-order valence-corrected chi connectivity index (χ2v) is 6.85. The van der Waals surface area contributed by atoms with E-state index < -0.39 is 10.0 Å². The van der Waals surface area contributed by atoms with Gasteiger partial charge < -0.3 is 0 Å². The maximum atomic E-state index is 12.5. The molecule has 0 aliphatic heterocycles. The van der Waals surface area contributed by atoms with Crippen molar-refractivity contribution in [1.29, 1.82) is 0 Å². The zero-order chi connectivity index (χ0) is 15.6. The van der Waals surface area contributed by atoms with Crippen LogP contribution in [0.1, 0.15) is 12.5 Å². The van der Waals surface area contributed by atoms with E-state index in [2.05, 4.69) is 11.6 Å². The fourth-order valence-electron chi connectivity index (χ4n) is 2.36. The number of sulfonamides is 1. The summed E-state index contributed by atoms with van der Waals surface area (Å²) in [5.74, 6) is 0. The number of hydrogen-bond donors (Lipinski definition) is 1. The summed E-state index contributed by atoms with van der Waals surface area (Å²) in [5, 5.41) is 1.93. The largest absolute Gasteiger partial charge is 0.280 e. The molecule has 3 rings (SSSR count). The van der Waals surface area contributed by atoms with Crippen LogP contribution in [-0.2, 0) is 16.4 Å². The van der Waals surface area contributed by atoms with Crippen molar-refractivity contribution in [2.75, 3.05) is 4.72 Å². The molecule has 112 valence electrons. The standard InChI is InChI=1S/C18H17NO2S/c1-2-14-7-10-17(11-8-14)19-22(20,21)18-12-9-15-5-3-4-6-16(15)13-18/h3-13,19H,2H2,1H3. The zero-order valence-electron chi connectivity index (χ0n) is 12.3. The van der Waals surface area contributed by atoms with Crippen LogP contribution >= 0.6 is 0 Å². The van der Waals surface area contributed by atoms with Gasteiger partial charge in [0.1, 0.15) is 0 Å². The predicted molar refractivity (Wildman–Crippen MR) is 90.6 cm³/mol. The van der Waals surface area contributed by atoms with E-state index in [4.69, 9.17) is 0 Å². The second-order valence-electron chi connectivity index (χ2n) is 5.16. The first-order valence-electron chi connectivity index (χ1n) is 7.19. The van der Waals surface area contributed by atoms with Crippen LogP contribution in [-0.4, -0.2) is 8.42 Å². The van der Waals surface area contributed by atoms with Crippen molar-refractivity contribution < 1.29 is 8.42 Å². The van der Waals surface area contributed by atoms with Gasteiger partial charge in [0.25, 0.3) is 10.0 Å². The lowest BCUT2D eigenvalue weighted by atomic mass is 10.1. The van der Waals surface area contributed by atoms with Crippen LogP contribution in [0, 0.1) is 0 Å². The maximum Gasteiger partial charge on any atom is 0.261 e. The Labute approximate surface area is 130 Å². The highest BCUT2D eigenvalue weighted by atomic mass is 32.2. The van der Waals surface area contributed by atoms with Gasteiger partial charge in [0.15, 0.2) is 0 Å². The van der Waals surface area contributed by atoms with Gasteiger partial charge in [-0.1, -0.05) is 49.4 Å². The molecule has 0 aliphatic carbocycles. The third-order valence-electron chi connectivity index (χ3n) is 3.65. The summed E-state index contributed by atoms with van der Waals surface area (Å²) >= 11 is 0. The van der Waals surface area contributed by atoms with Crippen molar-refractivity contribution in [3.8, 4) is 0 Å². The number of nitrogens with one attached hydrogen (secondary N) is 1. The van der Waals surface area contributed by atoms with Crippen molar-refractivity contribution in [1.82, 2.24) is 0 Å². The topological polar surface area (TPSA) is 46.2 Å². The van der Waals surface area contributed by atoms with Crippen LogP contribution in [0.3, 0.4) is 0 Å². The van der Waals surface area contributed by atoms with E-state index in [1.807, 2.05) is 42.5 Å². The van der Waals surface area contributed by atoms with Crippen LogP contribution in [0.15, 0.2) is 71.6 Å². The van der Waals surface area contributed by atoms with E-state index in [0.29, 0.717) is 5.69 Å². The van der Waals surface area contributed by atoms with Gasteiger partial charge in [-0.15, -0.1) is 0 Å². The van der Waals surface area contributed by atoms with E-state index in [9.17, 15) is 8.42 Å². The molecule has 0 saturated heterocycles. The van der Waals surface area contributed by atoms with E-state index in [1.165, 1.54) is 5.56 Å². The summed E-state index contributed by atoms with van der Waals surface area (Å²) in [6.07, 6.45) is 0.928. The minimum Gasteiger partial charge on any atom is -0.280 e.